The summed E-state index contributed by atoms with van der Waals surface area (Å²) in [6, 6.07) is 5.89. The third-order valence-electron chi connectivity index (χ3n) is 6.74. The van der Waals surface area contributed by atoms with E-state index in [1.807, 2.05) is 6.92 Å². The molecule has 2 aromatic carbocycles. The molecule has 0 bridgehead atoms. The number of halogens is 4. The van der Waals surface area contributed by atoms with E-state index in [9.17, 15) is 17.6 Å². The quantitative estimate of drug-likeness (QED) is 0.335. The Morgan fingerprint density at radius 2 is 1.81 bits per heavy atom. The number of ether oxygens (including phenoxy) is 3. The molecule has 6 nitrogen and oxygen atoms in total. The van der Waals surface area contributed by atoms with Crippen LogP contribution < -0.4 is 14.8 Å². The van der Waals surface area contributed by atoms with Crippen molar-refractivity contribution < 1.29 is 31.8 Å². The number of methoxy groups -OCH3 is 2. The van der Waals surface area contributed by atoms with Crippen molar-refractivity contribution in [2.75, 3.05) is 26.1 Å². The average molecular weight is 508 g/mol. The molecule has 1 aromatic heterocycles. The van der Waals surface area contributed by atoms with Crippen LogP contribution in [0.5, 0.6) is 11.5 Å². The predicted molar refractivity (Wildman–Crippen MR) is 128 cm³/mol. The first kappa shape index (κ1) is 25.9. The summed E-state index contributed by atoms with van der Waals surface area (Å²) in [6.45, 7) is 5.84. The van der Waals surface area contributed by atoms with Gasteiger partial charge >= 0.3 is 6.18 Å². The maximum atomic E-state index is 14.8. The molecule has 4 rings (SSSR count). The number of fused-ring (bicyclic) bond motifs is 1. The van der Waals surface area contributed by atoms with Crippen molar-refractivity contribution in [3.8, 4) is 11.5 Å². The zero-order valence-electron chi connectivity index (χ0n) is 20.8. The molecule has 36 heavy (non-hydrogen) atoms. The predicted octanol–water partition coefficient (Wildman–Crippen LogP) is 6.47. The molecule has 3 aromatic rings. The van der Waals surface area contributed by atoms with E-state index >= 15 is 0 Å². The minimum atomic E-state index is -4.79. The third kappa shape index (κ3) is 5.04. The number of alkyl halides is 3. The fourth-order valence-corrected chi connectivity index (χ4v) is 4.43. The van der Waals surface area contributed by atoms with E-state index in [0.29, 0.717) is 40.7 Å². The fourth-order valence-electron chi connectivity index (χ4n) is 4.43. The third-order valence-corrected chi connectivity index (χ3v) is 6.74. The number of benzene rings is 2. The molecule has 1 heterocycles. The molecule has 1 N–H and O–H groups in total. The van der Waals surface area contributed by atoms with Crippen LogP contribution in [-0.4, -0.2) is 36.9 Å². The number of nitrogens with one attached hydrogen (secondary N) is 1. The fraction of sp³-hybridized carbons (Fsp3) is 0.462. The second-order valence-corrected chi connectivity index (χ2v) is 9.27. The molecule has 2 atom stereocenters. The van der Waals surface area contributed by atoms with E-state index in [4.69, 9.17) is 14.2 Å². The molecule has 1 saturated carbocycles. The second-order valence-electron chi connectivity index (χ2n) is 9.27. The molecule has 0 saturated heterocycles. The SMILES string of the molecule is COCC1([C@@H](C)Oc2cc3c(N[C@H](C)c4cccc(C(F)(F)F)c4F)nc(C)nc3cc2OC)CC1. The summed E-state index contributed by atoms with van der Waals surface area (Å²) in [6.07, 6.45) is -2.95. The van der Waals surface area contributed by atoms with E-state index in [0.717, 1.165) is 18.9 Å². The molecule has 0 aliphatic heterocycles. The van der Waals surface area contributed by atoms with Gasteiger partial charge in [0.2, 0.25) is 0 Å². The molecule has 1 aliphatic carbocycles. The van der Waals surface area contributed by atoms with E-state index in [-0.39, 0.29) is 17.1 Å². The lowest BCUT2D eigenvalue weighted by Crippen LogP contribution is -2.29. The van der Waals surface area contributed by atoms with Crippen molar-refractivity contribution in [1.82, 2.24) is 9.97 Å². The van der Waals surface area contributed by atoms with Gasteiger partial charge in [-0.15, -0.1) is 0 Å². The highest BCUT2D eigenvalue weighted by molar-refractivity contribution is 5.92. The molecular formula is C26H29F4N3O3. The Morgan fingerprint density at radius 1 is 1.08 bits per heavy atom. The number of hydrogen-bond acceptors (Lipinski definition) is 6. The van der Waals surface area contributed by atoms with E-state index in [2.05, 4.69) is 15.3 Å². The Balaban J connectivity index is 1.71. The number of anilines is 1. The Labute approximate surface area is 207 Å². The molecule has 0 unspecified atom stereocenters. The van der Waals surface area contributed by atoms with Gasteiger partial charge in [0.25, 0.3) is 0 Å². The van der Waals surface area contributed by atoms with E-state index < -0.39 is 23.6 Å². The zero-order valence-corrected chi connectivity index (χ0v) is 20.8. The molecule has 0 spiro atoms. The first-order valence-electron chi connectivity index (χ1n) is 11.6. The maximum Gasteiger partial charge on any atom is 0.419 e. The van der Waals surface area contributed by atoms with Crippen LogP contribution in [0, 0.1) is 18.2 Å². The first-order valence-corrected chi connectivity index (χ1v) is 11.6. The molecule has 1 fully saturated rings. The van der Waals surface area contributed by atoms with Crippen LogP contribution in [0.15, 0.2) is 30.3 Å². The number of aromatic nitrogens is 2. The van der Waals surface area contributed by atoms with Crippen LogP contribution >= 0.6 is 0 Å². The van der Waals surface area contributed by atoms with Crippen molar-refractivity contribution in [1.29, 1.82) is 0 Å². The van der Waals surface area contributed by atoms with Crippen LogP contribution in [0.25, 0.3) is 10.9 Å². The summed E-state index contributed by atoms with van der Waals surface area (Å²) in [5.41, 5.74) is -0.939. The van der Waals surface area contributed by atoms with E-state index in [1.54, 1.807) is 33.1 Å². The van der Waals surface area contributed by atoms with Crippen molar-refractivity contribution in [3.05, 3.63) is 53.1 Å². The Morgan fingerprint density at radius 3 is 2.42 bits per heavy atom. The van der Waals surface area contributed by atoms with Crippen LogP contribution in [0.4, 0.5) is 23.4 Å². The van der Waals surface area contributed by atoms with Crippen molar-refractivity contribution in [3.63, 3.8) is 0 Å². The molecular weight excluding hydrogens is 478 g/mol. The van der Waals surface area contributed by atoms with Gasteiger partial charge < -0.3 is 19.5 Å². The topological polar surface area (TPSA) is 65.5 Å². The van der Waals surface area contributed by atoms with Crippen LogP contribution in [-0.2, 0) is 10.9 Å². The lowest BCUT2D eigenvalue weighted by atomic mass is 10.0. The van der Waals surface area contributed by atoms with Crippen LogP contribution in [0.3, 0.4) is 0 Å². The molecule has 1 aliphatic rings. The summed E-state index contributed by atoms with van der Waals surface area (Å²) >= 11 is 0. The molecule has 0 amide bonds. The van der Waals surface area contributed by atoms with Gasteiger partial charge in [-0.25, -0.2) is 14.4 Å². The van der Waals surface area contributed by atoms with E-state index in [1.165, 1.54) is 19.2 Å². The summed E-state index contributed by atoms with van der Waals surface area (Å²) in [5, 5.41) is 3.64. The lowest BCUT2D eigenvalue weighted by molar-refractivity contribution is -0.140. The van der Waals surface area contributed by atoms with Crippen LogP contribution in [0.1, 0.15) is 49.7 Å². The summed E-state index contributed by atoms with van der Waals surface area (Å²) < 4.78 is 71.6. The Hall–Kier alpha value is -3.14. The maximum absolute atomic E-state index is 14.8. The van der Waals surface area contributed by atoms with Crippen molar-refractivity contribution >= 4 is 16.7 Å². The largest absolute Gasteiger partial charge is 0.493 e. The monoisotopic (exact) mass is 507 g/mol. The molecule has 0 radical (unpaired) electrons. The zero-order chi connectivity index (χ0) is 26.3. The summed E-state index contributed by atoms with van der Waals surface area (Å²) in [7, 11) is 3.20. The number of rotatable bonds is 9. The Bertz CT molecular complexity index is 1260. The average Bonchev–Trinajstić information content (AvgIpc) is 3.59. The first-order chi connectivity index (χ1) is 17.0. The van der Waals surface area contributed by atoms with Gasteiger partial charge in [-0.05, 0) is 45.7 Å². The van der Waals surface area contributed by atoms with Gasteiger partial charge in [-0.1, -0.05) is 12.1 Å². The summed E-state index contributed by atoms with van der Waals surface area (Å²) in [4.78, 5) is 8.92. The van der Waals surface area contributed by atoms with Crippen molar-refractivity contribution in [2.24, 2.45) is 5.41 Å². The minimum Gasteiger partial charge on any atom is -0.493 e. The number of aryl methyl sites for hydroxylation is 1. The number of hydrogen-bond donors (Lipinski definition) is 1. The Kier molecular flexibility index (Phi) is 7.01. The van der Waals surface area contributed by atoms with Gasteiger partial charge in [-0.3, -0.25) is 0 Å². The highest BCUT2D eigenvalue weighted by Gasteiger charge is 2.49. The summed E-state index contributed by atoms with van der Waals surface area (Å²) in [5.74, 6) is 0.437. The van der Waals surface area contributed by atoms with Gasteiger partial charge in [0.05, 0.1) is 30.8 Å². The smallest absolute Gasteiger partial charge is 0.419 e. The lowest BCUT2D eigenvalue weighted by Gasteiger charge is -2.25. The minimum absolute atomic E-state index is 0.0604. The highest BCUT2D eigenvalue weighted by Crippen LogP contribution is 2.51. The van der Waals surface area contributed by atoms with Gasteiger partial charge in [-0.2, -0.15) is 13.2 Å². The van der Waals surface area contributed by atoms with Crippen LogP contribution in [0.2, 0.25) is 0 Å². The van der Waals surface area contributed by atoms with Gasteiger partial charge in [0, 0.05) is 29.5 Å². The van der Waals surface area contributed by atoms with Gasteiger partial charge in [0.15, 0.2) is 11.5 Å². The normalized spacial score (nSPS) is 16.5. The molecule has 10 heteroatoms. The standard InChI is InChI=1S/C26H29F4N3O3/c1-14(17-7-6-8-19(23(17)27)26(28,29)30)31-24-18-11-22(36-15(2)25(9-10-25)13-34-4)21(35-5)12-20(18)32-16(3)33-24/h6-8,11-12,14-15H,9-10,13H2,1-5H3,(H,31,32,33)/t14-,15-/m1/s1. The second kappa shape index (κ2) is 9.72. The molecule has 194 valence electrons. The highest BCUT2D eigenvalue weighted by atomic mass is 19.4. The number of nitrogens with zero attached hydrogens (tertiary/aromatic N) is 2. The van der Waals surface area contributed by atoms with Crippen molar-refractivity contribution in [2.45, 2.75) is 51.9 Å². The van der Waals surface area contributed by atoms with Gasteiger partial charge in [0.1, 0.15) is 23.6 Å².